The Morgan fingerprint density at radius 3 is 2.50 bits per heavy atom. The highest BCUT2D eigenvalue weighted by atomic mass is 32.2. The van der Waals surface area contributed by atoms with Gasteiger partial charge < -0.3 is 5.73 Å². The standard InChI is InChI=1S/C11H18N2O3S2/c1-8-4-5-10(12)9(2)11(8)18(15,16)13-6-7-17(3)14/h4-5,13H,6-7,12H2,1-3H3. The van der Waals surface area contributed by atoms with Gasteiger partial charge in [-0.1, -0.05) is 6.07 Å². The summed E-state index contributed by atoms with van der Waals surface area (Å²) in [6, 6.07) is 3.36. The molecule has 0 bridgehead atoms. The number of nitrogens with one attached hydrogen (secondary N) is 1. The fourth-order valence-corrected chi connectivity index (χ4v) is 3.69. The molecular formula is C11H18N2O3S2. The van der Waals surface area contributed by atoms with E-state index in [2.05, 4.69) is 4.72 Å². The van der Waals surface area contributed by atoms with Gasteiger partial charge >= 0.3 is 0 Å². The largest absolute Gasteiger partial charge is 0.398 e. The fraction of sp³-hybridized carbons (Fsp3) is 0.455. The summed E-state index contributed by atoms with van der Waals surface area (Å²) < 4.78 is 37.6. The summed E-state index contributed by atoms with van der Waals surface area (Å²) in [5, 5.41) is 0. The molecule has 3 N–H and O–H groups in total. The molecule has 0 aliphatic heterocycles. The number of hydrogen-bond donors (Lipinski definition) is 2. The van der Waals surface area contributed by atoms with Crippen molar-refractivity contribution in [1.82, 2.24) is 4.72 Å². The minimum absolute atomic E-state index is 0.152. The zero-order valence-corrected chi connectivity index (χ0v) is 12.3. The van der Waals surface area contributed by atoms with Gasteiger partial charge in [-0.25, -0.2) is 13.1 Å². The summed E-state index contributed by atoms with van der Waals surface area (Å²) in [7, 11) is -4.63. The molecule has 0 spiro atoms. The highest BCUT2D eigenvalue weighted by molar-refractivity contribution is 7.89. The number of sulfonamides is 1. The van der Waals surface area contributed by atoms with E-state index >= 15 is 0 Å². The van der Waals surface area contributed by atoms with Gasteiger partial charge in [0.15, 0.2) is 0 Å². The topological polar surface area (TPSA) is 89.3 Å². The van der Waals surface area contributed by atoms with E-state index in [0.717, 1.165) is 0 Å². The third-order valence-corrected chi connectivity index (χ3v) is 5.12. The number of benzene rings is 1. The Bertz CT molecular complexity index is 568. The van der Waals surface area contributed by atoms with Crippen molar-refractivity contribution in [3.05, 3.63) is 23.3 Å². The molecule has 1 aromatic rings. The molecule has 1 unspecified atom stereocenters. The van der Waals surface area contributed by atoms with Gasteiger partial charge in [0.1, 0.15) is 0 Å². The maximum absolute atomic E-state index is 12.1. The summed E-state index contributed by atoms with van der Waals surface area (Å²) in [6.45, 7) is 3.55. The molecule has 1 rings (SSSR count). The Morgan fingerprint density at radius 2 is 1.94 bits per heavy atom. The lowest BCUT2D eigenvalue weighted by Gasteiger charge is -2.13. The molecule has 1 aromatic carbocycles. The second-order valence-corrected chi connectivity index (χ2v) is 7.36. The quantitative estimate of drug-likeness (QED) is 0.775. The number of aryl methyl sites for hydroxylation is 1. The molecule has 0 aromatic heterocycles. The molecule has 7 heteroatoms. The maximum atomic E-state index is 12.1. The number of anilines is 1. The molecule has 1 atom stereocenters. The SMILES string of the molecule is Cc1ccc(N)c(C)c1S(=O)(=O)NCCS(C)=O. The van der Waals surface area contributed by atoms with E-state index in [1.165, 1.54) is 6.26 Å². The summed E-state index contributed by atoms with van der Waals surface area (Å²) in [4.78, 5) is 0.212. The predicted octanol–water partition coefficient (Wildman–Crippen LogP) is 0.542. The van der Waals surface area contributed by atoms with Crippen LogP contribution in [0.3, 0.4) is 0 Å². The van der Waals surface area contributed by atoms with Crippen LogP contribution in [0.1, 0.15) is 11.1 Å². The third kappa shape index (κ3) is 3.54. The van der Waals surface area contributed by atoms with E-state index in [1.54, 1.807) is 26.0 Å². The molecule has 0 aliphatic rings. The monoisotopic (exact) mass is 290 g/mol. The molecule has 0 saturated heterocycles. The average molecular weight is 290 g/mol. The predicted molar refractivity (Wildman–Crippen MR) is 74.5 cm³/mol. The van der Waals surface area contributed by atoms with Crippen LogP contribution in [-0.4, -0.2) is 31.2 Å². The number of nitrogen functional groups attached to an aromatic ring is 1. The molecule has 0 amide bonds. The van der Waals surface area contributed by atoms with Gasteiger partial charge in [-0.3, -0.25) is 4.21 Å². The van der Waals surface area contributed by atoms with Crippen LogP contribution in [0, 0.1) is 13.8 Å². The molecule has 0 aliphatic carbocycles. The minimum Gasteiger partial charge on any atom is -0.398 e. The van der Waals surface area contributed by atoms with Crippen LogP contribution < -0.4 is 10.5 Å². The van der Waals surface area contributed by atoms with Crippen LogP contribution in [-0.2, 0) is 20.8 Å². The molecule has 102 valence electrons. The van der Waals surface area contributed by atoms with Crippen molar-refractivity contribution in [3.8, 4) is 0 Å². The van der Waals surface area contributed by atoms with Gasteiger partial charge in [0.2, 0.25) is 10.0 Å². The maximum Gasteiger partial charge on any atom is 0.241 e. The van der Waals surface area contributed by atoms with E-state index in [9.17, 15) is 12.6 Å². The highest BCUT2D eigenvalue weighted by Crippen LogP contribution is 2.24. The summed E-state index contributed by atoms with van der Waals surface area (Å²) in [6.07, 6.45) is 1.53. The van der Waals surface area contributed by atoms with E-state index in [-0.39, 0.29) is 11.4 Å². The van der Waals surface area contributed by atoms with Crippen LogP contribution in [0.2, 0.25) is 0 Å². The second kappa shape index (κ2) is 5.81. The lowest BCUT2D eigenvalue weighted by molar-refractivity contribution is 0.583. The minimum atomic E-state index is -3.60. The molecule has 0 fully saturated rings. The molecule has 18 heavy (non-hydrogen) atoms. The first-order valence-electron chi connectivity index (χ1n) is 5.41. The smallest absolute Gasteiger partial charge is 0.241 e. The Balaban J connectivity index is 3.05. The number of nitrogens with two attached hydrogens (primary N) is 1. The van der Waals surface area contributed by atoms with Gasteiger partial charge in [0.25, 0.3) is 0 Å². The van der Waals surface area contributed by atoms with Gasteiger partial charge in [0, 0.05) is 35.0 Å². The zero-order chi connectivity index (χ0) is 13.9. The molecule has 0 saturated carbocycles. The van der Waals surface area contributed by atoms with Gasteiger partial charge in [-0.2, -0.15) is 0 Å². The first kappa shape index (κ1) is 15.1. The summed E-state index contributed by atoms with van der Waals surface area (Å²) in [5.41, 5.74) is 7.35. The second-order valence-electron chi connectivity index (χ2n) is 4.10. The van der Waals surface area contributed by atoms with Crippen LogP contribution in [0.15, 0.2) is 17.0 Å². The summed E-state index contributed by atoms with van der Waals surface area (Å²) >= 11 is 0. The molecule has 0 radical (unpaired) electrons. The summed E-state index contributed by atoms with van der Waals surface area (Å²) in [5.74, 6) is 0.291. The van der Waals surface area contributed by atoms with Crippen molar-refractivity contribution in [2.45, 2.75) is 18.7 Å². The van der Waals surface area contributed by atoms with Crippen molar-refractivity contribution in [1.29, 1.82) is 0 Å². The lowest BCUT2D eigenvalue weighted by atomic mass is 10.1. The van der Waals surface area contributed by atoms with Gasteiger partial charge in [-0.05, 0) is 31.0 Å². The van der Waals surface area contributed by atoms with Gasteiger partial charge in [-0.15, -0.1) is 0 Å². The van der Waals surface area contributed by atoms with E-state index < -0.39 is 20.8 Å². The first-order valence-corrected chi connectivity index (χ1v) is 8.62. The molecule has 0 heterocycles. The van der Waals surface area contributed by atoms with E-state index in [4.69, 9.17) is 5.73 Å². The van der Waals surface area contributed by atoms with E-state index in [0.29, 0.717) is 22.6 Å². The van der Waals surface area contributed by atoms with Crippen LogP contribution in [0.4, 0.5) is 5.69 Å². The number of hydrogen-bond acceptors (Lipinski definition) is 4. The van der Waals surface area contributed by atoms with Crippen molar-refractivity contribution >= 4 is 26.5 Å². The number of rotatable bonds is 5. The first-order chi connectivity index (χ1) is 8.25. The highest BCUT2D eigenvalue weighted by Gasteiger charge is 2.20. The molecule has 5 nitrogen and oxygen atoms in total. The fourth-order valence-electron chi connectivity index (χ4n) is 1.65. The van der Waals surface area contributed by atoms with Crippen molar-refractivity contribution in [2.75, 3.05) is 24.3 Å². The average Bonchev–Trinajstić information content (AvgIpc) is 2.23. The Kier molecular flexibility index (Phi) is 4.89. The normalized spacial score (nSPS) is 13.5. The third-order valence-electron chi connectivity index (χ3n) is 2.59. The van der Waals surface area contributed by atoms with Gasteiger partial charge in [0.05, 0.1) is 4.90 Å². The zero-order valence-electron chi connectivity index (χ0n) is 10.7. The lowest BCUT2D eigenvalue weighted by Crippen LogP contribution is -2.29. The van der Waals surface area contributed by atoms with Crippen LogP contribution >= 0.6 is 0 Å². The van der Waals surface area contributed by atoms with Crippen molar-refractivity contribution in [2.24, 2.45) is 0 Å². The Labute approximate surface area is 110 Å². The molecular weight excluding hydrogens is 272 g/mol. The Hall–Kier alpha value is -0.920. The van der Waals surface area contributed by atoms with Crippen LogP contribution in [0.5, 0.6) is 0 Å². The van der Waals surface area contributed by atoms with E-state index in [1.807, 2.05) is 0 Å². The Morgan fingerprint density at radius 1 is 1.33 bits per heavy atom. The van der Waals surface area contributed by atoms with Crippen LogP contribution in [0.25, 0.3) is 0 Å². The van der Waals surface area contributed by atoms with Crippen molar-refractivity contribution < 1.29 is 12.6 Å². The van der Waals surface area contributed by atoms with Crippen molar-refractivity contribution in [3.63, 3.8) is 0 Å².